The minimum Gasteiger partial charge on any atom is -0.455 e. The van der Waals surface area contributed by atoms with Crippen molar-refractivity contribution in [3.8, 4) is 17.2 Å². The van der Waals surface area contributed by atoms with E-state index >= 15 is 0 Å². The molecule has 0 radical (unpaired) electrons. The standard InChI is InChI=1S/C21H30O12/c1-10(22)19(25)31-13(4)28-16-7-8-17(29-14(5)32-20(26)11(2)23)18(9-16)30-15(6)33-21(27)12(3)24/h7-15,22-24H,1-6H3. The Bertz CT molecular complexity index is 804. The predicted molar refractivity (Wildman–Crippen MR) is 110 cm³/mol. The SMILES string of the molecule is CC(OC(=O)C(C)O)Oc1ccc(OC(C)OC(=O)C(C)O)c(OC(C)OC(=O)C(C)O)c1. The first-order valence-electron chi connectivity index (χ1n) is 10.1. The first-order chi connectivity index (χ1) is 15.3. The molecule has 1 rings (SSSR count). The topological polar surface area (TPSA) is 167 Å². The summed E-state index contributed by atoms with van der Waals surface area (Å²) in [6.45, 7) is 7.93. The highest BCUT2D eigenvalue weighted by Crippen LogP contribution is 2.34. The van der Waals surface area contributed by atoms with E-state index in [1.54, 1.807) is 0 Å². The van der Waals surface area contributed by atoms with Gasteiger partial charge in [-0.1, -0.05) is 0 Å². The molecule has 0 amide bonds. The maximum Gasteiger partial charge on any atom is 0.337 e. The Kier molecular flexibility index (Phi) is 10.9. The monoisotopic (exact) mass is 474 g/mol. The Balaban J connectivity index is 3.05. The Morgan fingerprint density at radius 3 is 1.36 bits per heavy atom. The van der Waals surface area contributed by atoms with Crippen LogP contribution in [-0.2, 0) is 28.6 Å². The molecule has 6 unspecified atom stereocenters. The van der Waals surface area contributed by atoms with Crippen LogP contribution in [0.1, 0.15) is 41.5 Å². The van der Waals surface area contributed by atoms with Crippen LogP contribution in [0.15, 0.2) is 18.2 Å². The molecule has 0 aliphatic rings. The van der Waals surface area contributed by atoms with Gasteiger partial charge in [-0.15, -0.1) is 0 Å². The van der Waals surface area contributed by atoms with Crippen LogP contribution in [0, 0.1) is 0 Å². The summed E-state index contributed by atoms with van der Waals surface area (Å²) in [6, 6.07) is 4.16. The van der Waals surface area contributed by atoms with Crippen LogP contribution in [-0.4, -0.2) is 70.4 Å². The summed E-state index contributed by atoms with van der Waals surface area (Å²) >= 11 is 0. The highest BCUT2D eigenvalue weighted by atomic mass is 16.7. The van der Waals surface area contributed by atoms with Crippen LogP contribution >= 0.6 is 0 Å². The van der Waals surface area contributed by atoms with Gasteiger partial charge in [-0.3, -0.25) is 0 Å². The number of aliphatic hydroxyl groups excluding tert-OH is 3. The van der Waals surface area contributed by atoms with Gasteiger partial charge in [-0.05, 0) is 32.9 Å². The first kappa shape index (κ1) is 27.9. The van der Waals surface area contributed by atoms with Crippen LogP contribution in [0.3, 0.4) is 0 Å². The van der Waals surface area contributed by atoms with Crippen molar-refractivity contribution < 1.29 is 58.1 Å². The Hall–Kier alpha value is -3.09. The second kappa shape index (κ2) is 12.8. The molecule has 1 aromatic rings. The Morgan fingerprint density at radius 1 is 0.606 bits per heavy atom. The Labute approximate surface area is 190 Å². The normalized spacial score (nSPS) is 16.3. The van der Waals surface area contributed by atoms with Crippen LogP contribution < -0.4 is 14.2 Å². The quantitative estimate of drug-likeness (QED) is 0.220. The summed E-state index contributed by atoms with van der Waals surface area (Å²) in [5, 5.41) is 27.8. The third-order valence-electron chi connectivity index (χ3n) is 3.67. The van der Waals surface area contributed by atoms with E-state index in [0.29, 0.717) is 0 Å². The third kappa shape index (κ3) is 9.93. The minimum atomic E-state index is -1.37. The van der Waals surface area contributed by atoms with Gasteiger partial charge in [0.25, 0.3) is 0 Å². The van der Waals surface area contributed by atoms with E-state index < -0.39 is 55.1 Å². The van der Waals surface area contributed by atoms with E-state index in [0.717, 1.165) is 0 Å². The number of esters is 3. The molecule has 0 heterocycles. The second-order valence-corrected chi connectivity index (χ2v) is 7.00. The molecule has 0 bridgehead atoms. The molecule has 0 aromatic heterocycles. The van der Waals surface area contributed by atoms with Crippen molar-refractivity contribution in [1.29, 1.82) is 0 Å². The van der Waals surface area contributed by atoms with Gasteiger partial charge in [-0.25, -0.2) is 14.4 Å². The van der Waals surface area contributed by atoms with Crippen molar-refractivity contribution in [3.05, 3.63) is 18.2 Å². The number of hydrogen-bond donors (Lipinski definition) is 3. The number of carbonyl (C=O) groups is 3. The maximum absolute atomic E-state index is 11.6. The van der Waals surface area contributed by atoms with Crippen molar-refractivity contribution in [2.45, 2.75) is 78.7 Å². The first-order valence-corrected chi connectivity index (χ1v) is 10.1. The number of rotatable bonds is 12. The summed E-state index contributed by atoms with van der Waals surface area (Å²) in [6.07, 6.45) is -7.41. The highest BCUT2D eigenvalue weighted by molar-refractivity contribution is 5.74. The molecular formula is C21H30O12. The van der Waals surface area contributed by atoms with Gasteiger partial charge in [0, 0.05) is 26.8 Å². The van der Waals surface area contributed by atoms with Crippen LogP contribution in [0.5, 0.6) is 17.2 Å². The van der Waals surface area contributed by atoms with Gasteiger partial charge < -0.3 is 43.7 Å². The lowest BCUT2D eigenvalue weighted by Gasteiger charge is -2.22. The molecule has 0 spiro atoms. The lowest BCUT2D eigenvalue weighted by atomic mass is 10.3. The van der Waals surface area contributed by atoms with E-state index in [9.17, 15) is 29.7 Å². The largest absolute Gasteiger partial charge is 0.455 e. The van der Waals surface area contributed by atoms with Gasteiger partial charge >= 0.3 is 17.9 Å². The predicted octanol–water partition coefficient (Wildman–Crippen LogP) is 0.633. The van der Waals surface area contributed by atoms with E-state index in [-0.39, 0.29) is 17.2 Å². The molecule has 0 saturated heterocycles. The molecule has 1 aromatic carbocycles. The van der Waals surface area contributed by atoms with Crippen molar-refractivity contribution in [3.63, 3.8) is 0 Å². The summed E-state index contributed by atoms with van der Waals surface area (Å²) in [4.78, 5) is 34.7. The zero-order valence-corrected chi connectivity index (χ0v) is 19.2. The van der Waals surface area contributed by atoms with Crippen LogP contribution in [0.25, 0.3) is 0 Å². The van der Waals surface area contributed by atoms with Gasteiger partial charge in [-0.2, -0.15) is 0 Å². The fourth-order valence-corrected chi connectivity index (χ4v) is 2.16. The highest BCUT2D eigenvalue weighted by Gasteiger charge is 2.22. The molecule has 186 valence electrons. The van der Waals surface area contributed by atoms with E-state index in [1.807, 2.05) is 0 Å². The lowest BCUT2D eigenvalue weighted by molar-refractivity contribution is -0.173. The van der Waals surface area contributed by atoms with Crippen LogP contribution in [0.4, 0.5) is 0 Å². The van der Waals surface area contributed by atoms with Crippen molar-refractivity contribution in [1.82, 2.24) is 0 Å². The molecule has 0 saturated carbocycles. The number of carbonyl (C=O) groups excluding carboxylic acids is 3. The fraction of sp³-hybridized carbons (Fsp3) is 0.571. The second-order valence-electron chi connectivity index (χ2n) is 7.00. The summed E-state index contributed by atoms with van der Waals surface area (Å²) < 4.78 is 31.4. The minimum absolute atomic E-state index is 0.00704. The van der Waals surface area contributed by atoms with Crippen molar-refractivity contribution in [2.75, 3.05) is 0 Å². The average molecular weight is 474 g/mol. The molecule has 0 aliphatic heterocycles. The van der Waals surface area contributed by atoms with Crippen molar-refractivity contribution >= 4 is 17.9 Å². The molecule has 0 fully saturated rings. The lowest BCUT2D eigenvalue weighted by Crippen LogP contribution is -2.29. The summed E-state index contributed by atoms with van der Waals surface area (Å²) in [5.74, 6) is -2.50. The van der Waals surface area contributed by atoms with Gasteiger partial charge in [0.1, 0.15) is 24.1 Å². The number of aliphatic hydroxyl groups is 3. The van der Waals surface area contributed by atoms with Gasteiger partial charge in [0.05, 0.1) is 0 Å². The molecule has 33 heavy (non-hydrogen) atoms. The average Bonchev–Trinajstić information content (AvgIpc) is 2.69. The molecule has 12 heteroatoms. The third-order valence-corrected chi connectivity index (χ3v) is 3.67. The molecule has 3 N–H and O–H groups in total. The fourth-order valence-electron chi connectivity index (χ4n) is 2.16. The molecule has 6 atom stereocenters. The Morgan fingerprint density at radius 2 is 0.970 bits per heavy atom. The smallest absolute Gasteiger partial charge is 0.337 e. The maximum atomic E-state index is 11.6. The summed E-state index contributed by atoms with van der Waals surface area (Å²) in [7, 11) is 0. The number of hydrogen-bond acceptors (Lipinski definition) is 12. The van der Waals surface area contributed by atoms with Crippen molar-refractivity contribution in [2.24, 2.45) is 0 Å². The van der Waals surface area contributed by atoms with Crippen LogP contribution in [0.2, 0.25) is 0 Å². The zero-order valence-electron chi connectivity index (χ0n) is 19.2. The summed E-state index contributed by atoms with van der Waals surface area (Å²) in [5.41, 5.74) is 0. The van der Waals surface area contributed by atoms with E-state index in [2.05, 4.69) is 0 Å². The number of ether oxygens (including phenoxy) is 6. The van der Waals surface area contributed by atoms with E-state index in [4.69, 9.17) is 28.4 Å². The number of benzene rings is 1. The molecule has 0 aliphatic carbocycles. The van der Waals surface area contributed by atoms with Gasteiger partial charge in [0.15, 0.2) is 11.5 Å². The zero-order chi connectivity index (χ0) is 25.3. The molecular weight excluding hydrogens is 444 g/mol. The molecule has 12 nitrogen and oxygen atoms in total. The van der Waals surface area contributed by atoms with E-state index in [1.165, 1.54) is 59.7 Å². The van der Waals surface area contributed by atoms with Gasteiger partial charge in [0.2, 0.25) is 18.9 Å².